The molecule has 3 aromatic rings. The molecule has 9 heteroatoms. The molecule has 1 atom stereocenters. The number of rotatable bonds is 5. The number of nitrogens with zero attached hydrogens (tertiary/aromatic N) is 1. The summed E-state index contributed by atoms with van der Waals surface area (Å²) in [6, 6.07) is 9.39. The second-order valence-electron chi connectivity index (χ2n) is 6.07. The lowest BCUT2D eigenvalue weighted by Gasteiger charge is -2.13. The summed E-state index contributed by atoms with van der Waals surface area (Å²) >= 11 is 3.37. The molecule has 27 heavy (non-hydrogen) atoms. The number of halogens is 4. The van der Waals surface area contributed by atoms with Gasteiger partial charge in [0.05, 0.1) is 29.2 Å². The molecule has 0 fully saturated rings. The van der Waals surface area contributed by atoms with Gasteiger partial charge < -0.3 is 16.0 Å². The molecule has 0 spiro atoms. The summed E-state index contributed by atoms with van der Waals surface area (Å²) in [4.78, 5) is 19.6. The number of benzene rings is 2. The minimum atomic E-state index is -4.43. The fraction of sp³-hybridized carbons (Fsp3) is 0.222. The number of alkyl halides is 3. The Morgan fingerprint density at radius 1 is 1.26 bits per heavy atom. The molecule has 142 valence electrons. The van der Waals surface area contributed by atoms with Crippen molar-refractivity contribution in [2.75, 3.05) is 0 Å². The number of aromatic amines is 1. The number of amides is 1. The molecule has 1 amide bonds. The first-order chi connectivity index (χ1) is 12.7. The highest BCUT2D eigenvalue weighted by Crippen LogP contribution is 2.29. The third-order valence-corrected chi connectivity index (χ3v) is 4.46. The second kappa shape index (κ2) is 7.69. The number of hydrogen-bond donors (Lipinski definition) is 3. The van der Waals surface area contributed by atoms with Crippen LogP contribution >= 0.6 is 15.9 Å². The van der Waals surface area contributed by atoms with Crippen LogP contribution in [-0.2, 0) is 23.9 Å². The van der Waals surface area contributed by atoms with E-state index in [1.807, 2.05) is 18.2 Å². The van der Waals surface area contributed by atoms with Crippen LogP contribution in [0.25, 0.3) is 11.0 Å². The van der Waals surface area contributed by atoms with Crippen LogP contribution in [0.2, 0.25) is 0 Å². The molecule has 5 nitrogen and oxygen atoms in total. The maximum absolute atomic E-state index is 12.8. The van der Waals surface area contributed by atoms with Crippen molar-refractivity contribution in [1.82, 2.24) is 15.3 Å². The largest absolute Gasteiger partial charge is 0.416 e. The summed E-state index contributed by atoms with van der Waals surface area (Å²) in [6.45, 7) is 0.140. The van der Waals surface area contributed by atoms with Crippen LogP contribution in [0.5, 0.6) is 0 Å². The molecule has 0 saturated carbocycles. The van der Waals surface area contributed by atoms with E-state index in [-0.39, 0.29) is 13.0 Å². The molecule has 0 aliphatic carbocycles. The van der Waals surface area contributed by atoms with Gasteiger partial charge >= 0.3 is 6.18 Å². The highest BCUT2D eigenvalue weighted by molar-refractivity contribution is 9.10. The third-order valence-electron chi connectivity index (χ3n) is 3.97. The van der Waals surface area contributed by atoms with Gasteiger partial charge in [0.1, 0.15) is 5.82 Å². The van der Waals surface area contributed by atoms with Crippen molar-refractivity contribution < 1.29 is 18.0 Å². The SMILES string of the molecule is NC(Cc1cccc(C(F)(F)F)c1)C(=O)NCc1nc2ccc(Br)cc2[nH]1. The second-order valence-corrected chi connectivity index (χ2v) is 6.99. The average molecular weight is 441 g/mol. The molecule has 0 aliphatic heterocycles. The summed E-state index contributed by atoms with van der Waals surface area (Å²) in [5.74, 6) is 0.0942. The van der Waals surface area contributed by atoms with Crippen LogP contribution in [0.3, 0.4) is 0 Å². The highest BCUT2D eigenvalue weighted by atomic mass is 79.9. The van der Waals surface area contributed by atoms with Gasteiger partial charge in [-0.1, -0.05) is 34.1 Å². The van der Waals surface area contributed by atoms with E-state index in [1.54, 1.807) is 0 Å². The van der Waals surface area contributed by atoms with E-state index in [0.717, 1.165) is 27.6 Å². The smallest absolute Gasteiger partial charge is 0.348 e. The number of H-pyrrole nitrogens is 1. The van der Waals surface area contributed by atoms with Gasteiger partial charge in [0.25, 0.3) is 0 Å². The number of carbonyl (C=O) groups is 1. The lowest BCUT2D eigenvalue weighted by Crippen LogP contribution is -2.41. The number of nitrogens with two attached hydrogens (primary N) is 1. The molecule has 0 bridgehead atoms. The Bertz CT molecular complexity index is 971. The quantitative estimate of drug-likeness (QED) is 0.567. The molecule has 2 aromatic carbocycles. The van der Waals surface area contributed by atoms with Crippen molar-refractivity contribution >= 4 is 32.9 Å². The lowest BCUT2D eigenvalue weighted by molar-refractivity contribution is -0.137. The number of hydrogen-bond acceptors (Lipinski definition) is 3. The fourth-order valence-electron chi connectivity index (χ4n) is 2.64. The Kier molecular flexibility index (Phi) is 5.52. The van der Waals surface area contributed by atoms with Crippen LogP contribution in [0.4, 0.5) is 13.2 Å². The molecule has 0 radical (unpaired) electrons. The average Bonchev–Trinajstić information content (AvgIpc) is 3.01. The zero-order valence-corrected chi connectivity index (χ0v) is 15.6. The Balaban J connectivity index is 1.60. The summed E-state index contributed by atoms with van der Waals surface area (Å²) in [7, 11) is 0. The van der Waals surface area contributed by atoms with Gasteiger partial charge in [0.15, 0.2) is 0 Å². The van der Waals surface area contributed by atoms with Gasteiger partial charge in [-0.2, -0.15) is 13.2 Å². The van der Waals surface area contributed by atoms with Crippen LogP contribution in [0.15, 0.2) is 46.9 Å². The fourth-order valence-corrected chi connectivity index (χ4v) is 3.00. The van der Waals surface area contributed by atoms with E-state index in [1.165, 1.54) is 12.1 Å². The highest BCUT2D eigenvalue weighted by Gasteiger charge is 2.30. The van der Waals surface area contributed by atoms with Crippen LogP contribution in [-0.4, -0.2) is 21.9 Å². The first-order valence-corrected chi connectivity index (χ1v) is 8.85. The van der Waals surface area contributed by atoms with Crippen molar-refractivity contribution in [3.8, 4) is 0 Å². The normalized spacial score (nSPS) is 12.9. The molecule has 1 heterocycles. The molecule has 4 N–H and O–H groups in total. The third kappa shape index (κ3) is 4.86. The Hall–Kier alpha value is -2.39. The predicted octanol–water partition coefficient (Wildman–Crippen LogP) is 3.53. The standard InChI is InChI=1S/C18H16BrF3N4O/c19-12-4-5-14-15(8-12)26-16(25-14)9-24-17(27)13(23)7-10-2-1-3-11(6-10)18(20,21)22/h1-6,8,13H,7,9,23H2,(H,24,27)(H,25,26). The number of fused-ring (bicyclic) bond motifs is 1. The van der Waals surface area contributed by atoms with E-state index < -0.39 is 23.7 Å². The van der Waals surface area contributed by atoms with E-state index in [0.29, 0.717) is 11.4 Å². The van der Waals surface area contributed by atoms with Crippen molar-refractivity contribution in [3.63, 3.8) is 0 Å². The molecule has 0 aliphatic rings. The van der Waals surface area contributed by atoms with Gasteiger partial charge in [-0.3, -0.25) is 4.79 Å². The minimum absolute atomic E-state index is 0.00281. The maximum atomic E-state index is 12.8. The van der Waals surface area contributed by atoms with Crippen LogP contribution < -0.4 is 11.1 Å². The topological polar surface area (TPSA) is 83.8 Å². The Morgan fingerprint density at radius 2 is 2.04 bits per heavy atom. The number of imidazole rings is 1. The number of carbonyl (C=O) groups excluding carboxylic acids is 1. The molecule has 0 saturated heterocycles. The molecule has 1 unspecified atom stereocenters. The maximum Gasteiger partial charge on any atom is 0.416 e. The van der Waals surface area contributed by atoms with E-state index in [4.69, 9.17) is 5.73 Å². The first-order valence-electron chi connectivity index (χ1n) is 8.06. The van der Waals surface area contributed by atoms with Gasteiger partial charge in [0, 0.05) is 4.47 Å². The van der Waals surface area contributed by atoms with Crippen molar-refractivity contribution in [1.29, 1.82) is 0 Å². The molecular weight excluding hydrogens is 425 g/mol. The Morgan fingerprint density at radius 3 is 2.78 bits per heavy atom. The summed E-state index contributed by atoms with van der Waals surface area (Å²) < 4.78 is 39.2. The number of aromatic nitrogens is 2. The monoisotopic (exact) mass is 440 g/mol. The molecule has 1 aromatic heterocycles. The summed E-state index contributed by atoms with van der Waals surface area (Å²) in [5.41, 5.74) is 7.00. The van der Waals surface area contributed by atoms with Gasteiger partial charge in [-0.15, -0.1) is 0 Å². The lowest BCUT2D eigenvalue weighted by atomic mass is 10.0. The van der Waals surface area contributed by atoms with Crippen molar-refractivity contribution in [3.05, 3.63) is 63.9 Å². The first kappa shape index (κ1) is 19.4. The minimum Gasteiger partial charge on any atom is -0.348 e. The van der Waals surface area contributed by atoms with E-state index in [9.17, 15) is 18.0 Å². The Labute approximate surface area is 161 Å². The van der Waals surface area contributed by atoms with Crippen molar-refractivity contribution in [2.45, 2.75) is 25.2 Å². The van der Waals surface area contributed by atoms with Crippen molar-refractivity contribution in [2.24, 2.45) is 5.73 Å². The van der Waals surface area contributed by atoms with Crippen LogP contribution in [0.1, 0.15) is 17.0 Å². The van der Waals surface area contributed by atoms with Gasteiger partial charge in [-0.05, 0) is 36.2 Å². The predicted molar refractivity (Wildman–Crippen MR) is 98.8 cm³/mol. The molecular formula is C18H16BrF3N4O. The van der Waals surface area contributed by atoms with Crippen LogP contribution in [0, 0.1) is 0 Å². The van der Waals surface area contributed by atoms with E-state index in [2.05, 4.69) is 31.2 Å². The van der Waals surface area contributed by atoms with E-state index >= 15 is 0 Å². The molecule has 3 rings (SSSR count). The van der Waals surface area contributed by atoms with Gasteiger partial charge in [0.2, 0.25) is 5.91 Å². The summed E-state index contributed by atoms with van der Waals surface area (Å²) in [5, 5.41) is 2.65. The number of nitrogens with one attached hydrogen (secondary N) is 2. The zero-order valence-electron chi connectivity index (χ0n) is 14.0. The van der Waals surface area contributed by atoms with Gasteiger partial charge in [-0.25, -0.2) is 4.98 Å². The zero-order chi connectivity index (χ0) is 19.6. The summed E-state index contributed by atoms with van der Waals surface area (Å²) in [6.07, 6.45) is -4.43.